The van der Waals surface area contributed by atoms with Crippen LogP contribution in [0.15, 0.2) is 63.8 Å². The van der Waals surface area contributed by atoms with Crippen LogP contribution in [0.2, 0.25) is 0 Å². The van der Waals surface area contributed by atoms with Crippen molar-refractivity contribution in [2.45, 2.75) is 18.6 Å². The molecular weight excluding hydrogens is 484 g/mol. The predicted octanol–water partition coefficient (Wildman–Crippen LogP) is 4.98. The van der Waals surface area contributed by atoms with Crippen molar-refractivity contribution < 1.29 is 4.79 Å². The number of anilines is 1. The molecule has 0 aliphatic carbocycles. The molecule has 0 saturated carbocycles. The minimum Gasteiger partial charge on any atom is -0.302 e. The minimum atomic E-state index is -0.134. The van der Waals surface area contributed by atoms with Gasteiger partial charge in [-0.2, -0.15) is 0 Å². The summed E-state index contributed by atoms with van der Waals surface area (Å²) in [6.45, 7) is 2.72. The van der Waals surface area contributed by atoms with Crippen LogP contribution in [0.5, 0.6) is 0 Å². The van der Waals surface area contributed by atoms with E-state index < -0.39 is 0 Å². The fourth-order valence-corrected chi connectivity index (χ4v) is 4.56. The molecule has 30 heavy (non-hydrogen) atoms. The Balaban J connectivity index is 1.39. The number of thiazole rings is 1. The van der Waals surface area contributed by atoms with Crippen molar-refractivity contribution in [3.63, 3.8) is 0 Å². The Morgan fingerprint density at radius 1 is 1.20 bits per heavy atom. The summed E-state index contributed by atoms with van der Waals surface area (Å²) in [4.78, 5) is 21.1. The molecule has 0 aliphatic heterocycles. The summed E-state index contributed by atoms with van der Waals surface area (Å²) in [5.74, 6) is 0.830. The lowest BCUT2D eigenvalue weighted by Gasteiger charge is -2.07. The van der Waals surface area contributed by atoms with Gasteiger partial charge in [0.15, 0.2) is 16.1 Å². The lowest BCUT2D eigenvalue weighted by atomic mass is 10.2. The zero-order chi connectivity index (χ0) is 20.9. The van der Waals surface area contributed by atoms with E-state index in [2.05, 4.69) is 41.4 Å². The van der Waals surface area contributed by atoms with Crippen LogP contribution in [0.3, 0.4) is 0 Å². The number of halogens is 1. The van der Waals surface area contributed by atoms with Crippen molar-refractivity contribution in [3.8, 4) is 22.6 Å². The lowest BCUT2D eigenvalue weighted by molar-refractivity contribution is -0.113. The highest BCUT2D eigenvalue weighted by Crippen LogP contribution is 2.27. The average molecular weight is 501 g/mol. The van der Waals surface area contributed by atoms with Crippen molar-refractivity contribution in [2.75, 3.05) is 11.1 Å². The number of hydrogen-bond acceptors (Lipinski definition) is 7. The predicted molar refractivity (Wildman–Crippen MR) is 124 cm³/mol. The standard InChI is InChI=1S/C20H17BrN6OS2/c1-2-27-18(14-4-3-9-22-10-14)25-26-20(27)30-12-17(28)24-19-23-16(11-29-19)13-5-7-15(21)8-6-13/h3-11H,2,12H2,1H3,(H,23,24,28). The fourth-order valence-electron chi connectivity index (χ4n) is 2.76. The van der Waals surface area contributed by atoms with E-state index in [0.29, 0.717) is 16.8 Å². The zero-order valence-corrected chi connectivity index (χ0v) is 19.2. The first-order valence-electron chi connectivity index (χ1n) is 9.11. The molecule has 0 bridgehead atoms. The summed E-state index contributed by atoms with van der Waals surface area (Å²) < 4.78 is 2.99. The third kappa shape index (κ3) is 4.77. The highest BCUT2D eigenvalue weighted by molar-refractivity contribution is 9.10. The second kappa shape index (κ2) is 9.50. The van der Waals surface area contributed by atoms with E-state index in [1.54, 1.807) is 12.4 Å². The number of nitrogens with one attached hydrogen (secondary N) is 1. The summed E-state index contributed by atoms with van der Waals surface area (Å²) in [5, 5.41) is 14.6. The van der Waals surface area contributed by atoms with E-state index >= 15 is 0 Å². The highest BCUT2D eigenvalue weighted by Gasteiger charge is 2.15. The van der Waals surface area contributed by atoms with Crippen LogP contribution in [-0.4, -0.2) is 36.4 Å². The van der Waals surface area contributed by atoms with E-state index in [-0.39, 0.29) is 11.7 Å². The van der Waals surface area contributed by atoms with Gasteiger partial charge in [-0.25, -0.2) is 4.98 Å². The third-order valence-corrected chi connectivity index (χ3v) is 6.43. The molecule has 10 heteroatoms. The van der Waals surface area contributed by atoms with Crippen molar-refractivity contribution in [3.05, 3.63) is 58.6 Å². The largest absolute Gasteiger partial charge is 0.302 e. The fraction of sp³-hybridized carbons (Fsp3) is 0.150. The van der Waals surface area contributed by atoms with E-state index in [1.807, 2.05) is 53.3 Å². The van der Waals surface area contributed by atoms with Gasteiger partial charge >= 0.3 is 0 Å². The van der Waals surface area contributed by atoms with Crippen molar-refractivity contribution in [1.82, 2.24) is 24.7 Å². The molecule has 0 atom stereocenters. The number of carbonyl (C=O) groups excluding carboxylic acids is 1. The third-order valence-electron chi connectivity index (χ3n) is 4.18. The van der Waals surface area contributed by atoms with Crippen molar-refractivity contribution in [1.29, 1.82) is 0 Å². The Hall–Kier alpha value is -2.56. The van der Waals surface area contributed by atoms with Crippen LogP contribution in [-0.2, 0) is 11.3 Å². The van der Waals surface area contributed by atoms with Crippen LogP contribution in [0.1, 0.15) is 6.92 Å². The quantitative estimate of drug-likeness (QED) is 0.360. The maximum absolute atomic E-state index is 12.4. The number of hydrogen-bond donors (Lipinski definition) is 1. The summed E-state index contributed by atoms with van der Waals surface area (Å²) in [6, 6.07) is 11.7. The summed E-state index contributed by atoms with van der Waals surface area (Å²) in [5.41, 5.74) is 2.73. The summed E-state index contributed by atoms with van der Waals surface area (Å²) >= 11 is 6.18. The molecule has 0 unspecified atom stereocenters. The maximum Gasteiger partial charge on any atom is 0.236 e. The molecule has 0 saturated heterocycles. The topological polar surface area (TPSA) is 85.6 Å². The van der Waals surface area contributed by atoms with Crippen LogP contribution >= 0.6 is 39.0 Å². The highest BCUT2D eigenvalue weighted by atomic mass is 79.9. The molecular formula is C20H17BrN6OS2. The lowest BCUT2D eigenvalue weighted by Crippen LogP contribution is -2.14. The summed E-state index contributed by atoms with van der Waals surface area (Å²) in [6.07, 6.45) is 3.47. The Labute approximate surface area is 190 Å². The number of benzene rings is 1. The number of carbonyl (C=O) groups is 1. The van der Waals surface area contributed by atoms with Crippen LogP contribution in [0.25, 0.3) is 22.6 Å². The van der Waals surface area contributed by atoms with Crippen molar-refractivity contribution >= 4 is 50.1 Å². The summed E-state index contributed by atoms with van der Waals surface area (Å²) in [7, 11) is 0. The number of thioether (sulfide) groups is 1. The Morgan fingerprint density at radius 3 is 2.77 bits per heavy atom. The number of nitrogens with zero attached hydrogens (tertiary/aromatic N) is 5. The minimum absolute atomic E-state index is 0.134. The first-order chi connectivity index (χ1) is 14.6. The number of aromatic nitrogens is 5. The molecule has 1 N–H and O–H groups in total. The van der Waals surface area contributed by atoms with Crippen LogP contribution in [0.4, 0.5) is 5.13 Å². The normalized spacial score (nSPS) is 10.9. The van der Waals surface area contributed by atoms with Gasteiger partial charge in [0.1, 0.15) is 0 Å². The molecule has 7 nitrogen and oxygen atoms in total. The zero-order valence-electron chi connectivity index (χ0n) is 15.9. The molecule has 3 heterocycles. The van der Waals surface area contributed by atoms with Gasteiger partial charge in [-0.15, -0.1) is 21.5 Å². The smallest absolute Gasteiger partial charge is 0.236 e. The molecule has 1 amide bonds. The SMILES string of the molecule is CCn1c(SCC(=O)Nc2nc(-c3ccc(Br)cc3)cs2)nnc1-c1cccnc1. The maximum atomic E-state index is 12.4. The Bertz CT molecular complexity index is 1140. The van der Waals surface area contributed by atoms with E-state index in [9.17, 15) is 4.79 Å². The van der Waals surface area contributed by atoms with Gasteiger partial charge in [0.25, 0.3) is 0 Å². The molecule has 0 aliphatic rings. The van der Waals surface area contributed by atoms with Gasteiger partial charge in [-0.05, 0) is 31.2 Å². The number of amides is 1. The molecule has 3 aromatic heterocycles. The molecule has 152 valence electrons. The first-order valence-corrected chi connectivity index (χ1v) is 11.8. The van der Waals surface area contributed by atoms with Crippen LogP contribution in [0, 0.1) is 0 Å². The van der Waals surface area contributed by atoms with E-state index in [0.717, 1.165) is 27.1 Å². The van der Waals surface area contributed by atoms with Gasteiger partial charge in [-0.3, -0.25) is 9.78 Å². The molecule has 4 aromatic rings. The molecule has 4 rings (SSSR count). The first kappa shape index (κ1) is 20.7. The second-order valence-electron chi connectivity index (χ2n) is 6.17. The van der Waals surface area contributed by atoms with Gasteiger partial charge in [0.2, 0.25) is 5.91 Å². The van der Waals surface area contributed by atoms with E-state index in [4.69, 9.17) is 0 Å². The van der Waals surface area contributed by atoms with E-state index in [1.165, 1.54) is 23.1 Å². The van der Waals surface area contributed by atoms with Crippen molar-refractivity contribution in [2.24, 2.45) is 0 Å². The number of rotatable bonds is 7. The Morgan fingerprint density at radius 2 is 2.03 bits per heavy atom. The molecule has 0 spiro atoms. The number of pyridine rings is 1. The average Bonchev–Trinajstić information content (AvgIpc) is 3.40. The Kier molecular flexibility index (Phi) is 6.56. The van der Waals surface area contributed by atoms with Gasteiger partial charge in [0, 0.05) is 39.9 Å². The molecule has 0 fully saturated rings. The van der Waals surface area contributed by atoms with Crippen LogP contribution < -0.4 is 5.32 Å². The van der Waals surface area contributed by atoms with Gasteiger partial charge in [0.05, 0.1) is 11.4 Å². The monoisotopic (exact) mass is 500 g/mol. The molecule has 1 aromatic carbocycles. The second-order valence-corrected chi connectivity index (χ2v) is 8.89. The van der Waals surface area contributed by atoms with Gasteiger partial charge < -0.3 is 9.88 Å². The van der Waals surface area contributed by atoms with Gasteiger partial charge in [-0.1, -0.05) is 39.8 Å². The molecule has 0 radical (unpaired) electrons.